The number of benzene rings is 3. The number of hydrogen-bond acceptors (Lipinski definition) is 3. The van der Waals surface area contributed by atoms with Crippen molar-refractivity contribution < 1.29 is 10.1 Å². The standard InChI is InChI=1S/C28H21N3O3/c1-30-26-23(27(33)31(2)28(30)34)21(18-14-12-17(13-15-18)16-8-4-3-5-9-16)22-24(29-26)19-10-6-7-11-20(19)25(22)32/h3-15,21,32H,1-2H3/p+1. The van der Waals surface area contributed by atoms with Gasteiger partial charge in [-0.05, 0) is 22.8 Å². The SMILES string of the molecule is Cn1c2c(c(=O)n(C)c1=O)C(c1ccc(-c3ccccc3)cc1)C1=C(O)c3ccccc3C1=[NH+]2. The van der Waals surface area contributed by atoms with E-state index >= 15 is 0 Å². The van der Waals surface area contributed by atoms with E-state index in [1.807, 2.05) is 78.9 Å². The van der Waals surface area contributed by atoms with Crippen molar-refractivity contribution in [3.63, 3.8) is 0 Å². The number of nitrogens with zero attached hydrogens (tertiary/aromatic N) is 2. The lowest BCUT2D eigenvalue weighted by Crippen LogP contribution is -2.73. The van der Waals surface area contributed by atoms with E-state index in [9.17, 15) is 14.7 Å². The molecule has 34 heavy (non-hydrogen) atoms. The molecule has 0 saturated carbocycles. The number of aliphatic hydroxyl groups is 1. The third-order valence-electron chi connectivity index (χ3n) is 6.85. The van der Waals surface area contributed by atoms with Crippen molar-refractivity contribution in [1.82, 2.24) is 9.13 Å². The summed E-state index contributed by atoms with van der Waals surface area (Å²) in [4.78, 5) is 29.5. The summed E-state index contributed by atoms with van der Waals surface area (Å²) in [5, 5.41) is 11.3. The molecule has 2 aliphatic rings. The van der Waals surface area contributed by atoms with Crippen LogP contribution in [0.1, 0.15) is 28.2 Å². The van der Waals surface area contributed by atoms with Gasteiger partial charge in [0.15, 0.2) is 0 Å². The molecule has 6 heteroatoms. The number of fused-ring (bicyclic) bond motifs is 4. The first-order valence-corrected chi connectivity index (χ1v) is 11.1. The van der Waals surface area contributed by atoms with Gasteiger partial charge in [0.05, 0.1) is 18.5 Å². The maximum absolute atomic E-state index is 13.4. The molecular formula is C28H22N3O3+. The van der Waals surface area contributed by atoms with Crippen molar-refractivity contribution in [3.05, 3.63) is 128 Å². The fourth-order valence-electron chi connectivity index (χ4n) is 5.11. The van der Waals surface area contributed by atoms with Crippen molar-refractivity contribution in [2.45, 2.75) is 5.92 Å². The van der Waals surface area contributed by atoms with Crippen LogP contribution < -0.4 is 16.2 Å². The monoisotopic (exact) mass is 448 g/mol. The van der Waals surface area contributed by atoms with Crippen molar-refractivity contribution >= 4 is 17.3 Å². The van der Waals surface area contributed by atoms with E-state index in [-0.39, 0.29) is 11.3 Å². The van der Waals surface area contributed by atoms with Crippen LogP contribution in [0.4, 0.5) is 5.82 Å². The van der Waals surface area contributed by atoms with Crippen LogP contribution in [-0.4, -0.2) is 20.0 Å². The lowest BCUT2D eigenvalue weighted by atomic mass is 9.81. The fourth-order valence-corrected chi connectivity index (χ4v) is 5.11. The highest BCUT2D eigenvalue weighted by Gasteiger charge is 2.44. The molecular weight excluding hydrogens is 426 g/mol. The van der Waals surface area contributed by atoms with Gasteiger partial charge in [0, 0.05) is 18.2 Å². The molecule has 6 nitrogen and oxygen atoms in total. The van der Waals surface area contributed by atoms with E-state index in [0.29, 0.717) is 22.5 Å². The van der Waals surface area contributed by atoms with Gasteiger partial charge in [-0.15, -0.1) is 0 Å². The Morgan fingerprint density at radius 2 is 1.38 bits per heavy atom. The number of rotatable bonds is 2. The molecule has 0 spiro atoms. The summed E-state index contributed by atoms with van der Waals surface area (Å²) < 4.78 is 2.58. The third-order valence-corrected chi connectivity index (χ3v) is 6.85. The molecule has 4 aromatic rings. The predicted molar refractivity (Wildman–Crippen MR) is 131 cm³/mol. The van der Waals surface area contributed by atoms with Crippen LogP contribution in [-0.2, 0) is 14.1 Å². The summed E-state index contributed by atoms with van der Waals surface area (Å²) in [5.41, 5.74) is 5.61. The topological polar surface area (TPSA) is 78.2 Å². The second-order valence-electron chi connectivity index (χ2n) is 8.70. The van der Waals surface area contributed by atoms with Gasteiger partial charge in [-0.3, -0.25) is 4.79 Å². The Morgan fingerprint density at radius 1 is 0.765 bits per heavy atom. The van der Waals surface area contributed by atoms with Crippen LogP contribution in [0.5, 0.6) is 0 Å². The fraction of sp³-hybridized carbons (Fsp3) is 0.107. The van der Waals surface area contributed by atoms with Crippen LogP contribution in [0.25, 0.3) is 16.9 Å². The number of nitrogens with one attached hydrogen (secondary N) is 1. The molecule has 1 aliphatic heterocycles. The van der Waals surface area contributed by atoms with Gasteiger partial charge in [-0.2, -0.15) is 4.57 Å². The quantitative estimate of drug-likeness (QED) is 0.494. The Labute approximate surface area is 195 Å². The molecule has 1 aliphatic carbocycles. The molecule has 0 fully saturated rings. The maximum atomic E-state index is 13.4. The molecule has 166 valence electrons. The van der Waals surface area contributed by atoms with Crippen molar-refractivity contribution in [1.29, 1.82) is 0 Å². The minimum atomic E-state index is -0.533. The number of hydrogen-bond donors (Lipinski definition) is 2. The molecule has 0 bridgehead atoms. The van der Waals surface area contributed by atoms with E-state index in [1.54, 1.807) is 7.05 Å². The van der Waals surface area contributed by atoms with Crippen LogP contribution in [0.15, 0.2) is 94.0 Å². The summed E-state index contributed by atoms with van der Waals surface area (Å²) in [6, 6.07) is 25.7. The largest absolute Gasteiger partial charge is 0.507 e. The van der Waals surface area contributed by atoms with Crippen LogP contribution >= 0.6 is 0 Å². The Balaban J connectivity index is 1.64. The molecule has 0 saturated heterocycles. The highest BCUT2D eigenvalue weighted by Crippen LogP contribution is 2.43. The van der Waals surface area contributed by atoms with Crippen LogP contribution in [0, 0.1) is 0 Å². The Morgan fingerprint density at radius 3 is 2.09 bits per heavy atom. The molecule has 2 heterocycles. The van der Waals surface area contributed by atoms with Gasteiger partial charge < -0.3 is 5.11 Å². The van der Waals surface area contributed by atoms with Gasteiger partial charge in [0.1, 0.15) is 17.0 Å². The first-order chi connectivity index (χ1) is 16.5. The highest BCUT2D eigenvalue weighted by atomic mass is 16.3. The Bertz CT molecular complexity index is 1660. The summed E-state index contributed by atoms with van der Waals surface area (Å²) in [6.45, 7) is 0. The van der Waals surface area contributed by atoms with Gasteiger partial charge >= 0.3 is 5.69 Å². The third kappa shape index (κ3) is 2.72. The summed E-state index contributed by atoms with van der Waals surface area (Å²) in [5.74, 6) is 0.0688. The van der Waals surface area contributed by atoms with Crippen LogP contribution in [0.2, 0.25) is 0 Å². The second kappa shape index (κ2) is 7.28. The average molecular weight is 449 g/mol. The number of aromatic nitrogens is 2. The Kier molecular flexibility index (Phi) is 4.32. The number of allylic oxidation sites excluding steroid dienone is 1. The molecule has 2 N–H and O–H groups in total. The molecule has 0 radical (unpaired) electrons. The van der Waals surface area contributed by atoms with Crippen molar-refractivity contribution in [2.75, 3.05) is 0 Å². The minimum Gasteiger partial charge on any atom is -0.507 e. The number of aliphatic hydroxyl groups excluding tert-OH is 1. The molecule has 1 unspecified atom stereocenters. The summed E-state index contributed by atoms with van der Waals surface area (Å²) in [7, 11) is 3.14. The van der Waals surface area contributed by atoms with Crippen LogP contribution in [0.3, 0.4) is 0 Å². The Hall–Kier alpha value is -4.45. The predicted octanol–water partition coefficient (Wildman–Crippen LogP) is 2.38. The van der Waals surface area contributed by atoms with E-state index in [4.69, 9.17) is 0 Å². The zero-order valence-corrected chi connectivity index (χ0v) is 18.7. The van der Waals surface area contributed by atoms with Gasteiger partial charge in [-0.1, -0.05) is 72.8 Å². The van der Waals surface area contributed by atoms with E-state index in [1.165, 1.54) is 11.6 Å². The van der Waals surface area contributed by atoms with E-state index < -0.39 is 11.6 Å². The first-order valence-electron chi connectivity index (χ1n) is 11.1. The minimum absolute atomic E-state index is 0.150. The van der Waals surface area contributed by atoms with Crippen molar-refractivity contribution in [3.8, 4) is 11.1 Å². The molecule has 0 amide bonds. The first kappa shape index (κ1) is 20.2. The zero-order valence-electron chi connectivity index (χ0n) is 18.7. The lowest BCUT2D eigenvalue weighted by molar-refractivity contribution is -0.364. The zero-order chi connectivity index (χ0) is 23.6. The molecule has 6 rings (SSSR count). The molecule has 1 aromatic heterocycles. The normalized spacial score (nSPS) is 16.1. The van der Waals surface area contributed by atoms with Crippen molar-refractivity contribution in [2.24, 2.45) is 14.1 Å². The van der Waals surface area contributed by atoms with E-state index in [0.717, 1.165) is 32.5 Å². The smallest absolute Gasteiger partial charge is 0.417 e. The van der Waals surface area contributed by atoms with Gasteiger partial charge in [0.25, 0.3) is 11.4 Å². The molecule has 1 atom stereocenters. The highest BCUT2D eigenvalue weighted by molar-refractivity contribution is 6.21. The average Bonchev–Trinajstić information content (AvgIpc) is 3.17. The summed E-state index contributed by atoms with van der Waals surface area (Å²) >= 11 is 0. The maximum Gasteiger partial charge on any atom is 0.417 e. The van der Waals surface area contributed by atoms with Gasteiger partial charge in [0.2, 0.25) is 0 Å². The summed E-state index contributed by atoms with van der Waals surface area (Å²) in [6.07, 6.45) is 0. The molecule has 3 aromatic carbocycles. The van der Waals surface area contributed by atoms with Gasteiger partial charge in [-0.25, -0.2) is 14.4 Å². The lowest BCUT2D eigenvalue weighted by Gasteiger charge is -2.24. The second-order valence-corrected chi connectivity index (χ2v) is 8.70. The van der Waals surface area contributed by atoms with E-state index in [2.05, 4.69) is 4.99 Å².